The molecule has 2 saturated heterocycles. The number of rotatable bonds is 3. The third kappa shape index (κ3) is 2.63. The van der Waals surface area contributed by atoms with E-state index in [1.165, 1.54) is 18.4 Å². The number of nitrogens with zero attached hydrogens (tertiary/aromatic N) is 2. The molecular formula is C14H19N3OS. The van der Waals surface area contributed by atoms with Crippen LogP contribution in [-0.4, -0.2) is 38.2 Å². The summed E-state index contributed by atoms with van der Waals surface area (Å²) in [7, 11) is 0. The average molecular weight is 277 g/mol. The van der Waals surface area contributed by atoms with Crippen LogP contribution in [0.2, 0.25) is 0 Å². The van der Waals surface area contributed by atoms with Crippen LogP contribution >= 0.6 is 12.2 Å². The molecule has 3 N–H and O–H groups in total. The minimum Gasteiger partial charge on any atom is -0.393 e. The molecule has 0 spiro atoms. The Bertz CT molecular complexity index is 479. The summed E-state index contributed by atoms with van der Waals surface area (Å²) in [4.78, 5) is 7.04. The van der Waals surface area contributed by atoms with Gasteiger partial charge >= 0.3 is 0 Å². The van der Waals surface area contributed by atoms with Gasteiger partial charge in [0.25, 0.3) is 0 Å². The van der Waals surface area contributed by atoms with Crippen molar-refractivity contribution in [1.29, 1.82) is 0 Å². The Morgan fingerprint density at radius 2 is 2.11 bits per heavy atom. The lowest BCUT2D eigenvalue weighted by atomic mass is 9.99. The fourth-order valence-corrected chi connectivity index (χ4v) is 3.53. The summed E-state index contributed by atoms with van der Waals surface area (Å²) in [5.41, 5.74) is 7.51. The normalized spacial score (nSPS) is 30.5. The van der Waals surface area contributed by atoms with Gasteiger partial charge in [-0.3, -0.25) is 9.88 Å². The van der Waals surface area contributed by atoms with E-state index in [9.17, 15) is 5.11 Å². The van der Waals surface area contributed by atoms with Crippen molar-refractivity contribution in [2.75, 3.05) is 0 Å². The Hall–Kier alpha value is -1.04. The Labute approximate surface area is 118 Å². The third-order valence-electron chi connectivity index (χ3n) is 4.30. The first-order valence-corrected chi connectivity index (χ1v) is 7.23. The molecule has 1 aromatic heterocycles. The van der Waals surface area contributed by atoms with Crippen LogP contribution in [0.25, 0.3) is 0 Å². The van der Waals surface area contributed by atoms with Gasteiger partial charge in [0.2, 0.25) is 0 Å². The van der Waals surface area contributed by atoms with Crippen LogP contribution in [-0.2, 0) is 6.54 Å². The van der Waals surface area contributed by atoms with Crippen molar-refractivity contribution < 1.29 is 5.11 Å². The van der Waals surface area contributed by atoms with Crippen LogP contribution in [0.1, 0.15) is 36.9 Å². The summed E-state index contributed by atoms with van der Waals surface area (Å²) in [6, 6.07) is 5.05. The van der Waals surface area contributed by atoms with E-state index in [-0.39, 0.29) is 6.10 Å². The quantitative estimate of drug-likeness (QED) is 0.813. The molecule has 0 aromatic carbocycles. The van der Waals surface area contributed by atoms with Crippen molar-refractivity contribution >= 4 is 17.2 Å². The first-order chi connectivity index (χ1) is 9.13. The van der Waals surface area contributed by atoms with Crippen molar-refractivity contribution in [2.45, 2.75) is 50.4 Å². The van der Waals surface area contributed by atoms with Gasteiger partial charge in [-0.1, -0.05) is 12.2 Å². The van der Waals surface area contributed by atoms with Crippen molar-refractivity contribution in [3.05, 3.63) is 29.6 Å². The van der Waals surface area contributed by atoms with Gasteiger partial charge in [-0.2, -0.15) is 0 Å². The highest BCUT2D eigenvalue weighted by Gasteiger charge is 2.39. The number of aromatic nitrogens is 1. The van der Waals surface area contributed by atoms with E-state index in [1.54, 1.807) is 6.20 Å². The van der Waals surface area contributed by atoms with E-state index in [0.717, 1.165) is 19.4 Å². The Morgan fingerprint density at radius 3 is 2.74 bits per heavy atom. The van der Waals surface area contributed by atoms with E-state index in [4.69, 9.17) is 18.0 Å². The highest BCUT2D eigenvalue weighted by atomic mass is 32.1. The number of nitrogens with two attached hydrogens (primary N) is 1. The van der Waals surface area contributed by atoms with Gasteiger partial charge < -0.3 is 10.8 Å². The Morgan fingerprint density at radius 1 is 1.42 bits per heavy atom. The lowest BCUT2D eigenvalue weighted by Crippen LogP contribution is -2.44. The molecule has 19 heavy (non-hydrogen) atoms. The molecule has 2 atom stereocenters. The van der Waals surface area contributed by atoms with Gasteiger partial charge in [0.1, 0.15) is 4.99 Å². The van der Waals surface area contributed by atoms with Gasteiger partial charge in [0.05, 0.1) is 11.8 Å². The zero-order valence-corrected chi connectivity index (χ0v) is 11.6. The molecule has 0 radical (unpaired) electrons. The molecule has 2 unspecified atom stereocenters. The molecule has 2 bridgehead atoms. The largest absolute Gasteiger partial charge is 0.393 e. The number of piperidine rings is 1. The van der Waals surface area contributed by atoms with E-state index >= 15 is 0 Å². The van der Waals surface area contributed by atoms with E-state index in [0.29, 0.717) is 22.8 Å². The molecule has 3 rings (SSSR count). The second-order valence-electron chi connectivity index (χ2n) is 5.60. The van der Waals surface area contributed by atoms with Crippen LogP contribution in [0.5, 0.6) is 0 Å². The van der Waals surface area contributed by atoms with Gasteiger partial charge in [-0.05, 0) is 43.4 Å². The topological polar surface area (TPSA) is 62.4 Å². The van der Waals surface area contributed by atoms with Crippen LogP contribution in [0, 0.1) is 0 Å². The molecule has 3 heterocycles. The van der Waals surface area contributed by atoms with E-state index < -0.39 is 0 Å². The molecule has 0 saturated carbocycles. The standard InChI is InChI=1S/C14H19N3OS/c15-14(19)13-5-9(3-4-16-13)8-17-10-1-2-11(17)7-12(18)6-10/h3-5,10-12,18H,1-2,6-8H2,(H2,15,19). The summed E-state index contributed by atoms with van der Waals surface area (Å²) in [5, 5.41) is 9.82. The van der Waals surface area contributed by atoms with Crippen LogP contribution < -0.4 is 5.73 Å². The maximum Gasteiger partial charge on any atom is 0.122 e. The number of fused-ring (bicyclic) bond motifs is 2. The number of thiocarbonyl (C=S) groups is 1. The number of hydrogen-bond donors (Lipinski definition) is 2. The monoisotopic (exact) mass is 277 g/mol. The summed E-state index contributed by atoms with van der Waals surface area (Å²) >= 11 is 4.97. The molecule has 2 fully saturated rings. The Balaban J connectivity index is 1.75. The lowest BCUT2D eigenvalue weighted by Gasteiger charge is -2.37. The summed E-state index contributed by atoms with van der Waals surface area (Å²) in [6.45, 7) is 0.903. The molecule has 2 aliphatic heterocycles. The van der Waals surface area contributed by atoms with Crippen LogP contribution in [0.3, 0.4) is 0 Å². The number of pyridine rings is 1. The van der Waals surface area contributed by atoms with Gasteiger partial charge in [0.15, 0.2) is 0 Å². The van der Waals surface area contributed by atoms with Crippen molar-refractivity contribution in [2.24, 2.45) is 5.73 Å². The van der Waals surface area contributed by atoms with Gasteiger partial charge in [0, 0.05) is 24.8 Å². The zero-order valence-electron chi connectivity index (χ0n) is 10.8. The molecule has 0 aliphatic carbocycles. The van der Waals surface area contributed by atoms with E-state index in [2.05, 4.69) is 9.88 Å². The van der Waals surface area contributed by atoms with Crippen molar-refractivity contribution in [1.82, 2.24) is 9.88 Å². The predicted octanol–water partition coefficient (Wildman–Crippen LogP) is 1.20. The molecular weight excluding hydrogens is 258 g/mol. The number of aliphatic hydroxyl groups excluding tert-OH is 1. The Kier molecular flexibility index (Phi) is 3.52. The smallest absolute Gasteiger partial charge is 0.122 e. The minimum atomic E-state index is -0.113. The van der Waals surface area contributed by atoms with Crippen LogP contribution in [0.4, 0.5) is 0 Å². The maximum atomic E-state index is 9.82. The molecule has 2 aliphatic rings. The predicted molar refractivity (Wildman–Crippen MR) is 77.7 cm³/mol. The fourth-order valence-electron chi connectivity index (χ4n) is 3.42. The van der Waals surface area contributed by atoms with Gasteiger partial charge in [-0.15, -0.1) is 0 Å². The first-order valence-electron chi connectivity index (χ1n) is 6.82. The summed E-state index contributed by atoms with van der Waals surface area (Å²) in [6.07, 6.45) is 5.88. The van der Waals surface area contributed by atoms with Crippen molar-refractivity contribution in [3.63, 3.8) is 0 Å². The second kappa shape index (κ2) is 5.15. The molecule has 102 valence electrons. The number of aliphatic hydroxyl groups is 1. The summed E-state index contributed by atoms with van der Waals surface area (Å²) < 4.78 is 0. The molecule has 1 aromatic rings. The summed E-state index contributed by atoms with van der Waals surface area (Å²) in [5.74, 6) is 0. The zero-order chi connectivity index (χ0) is 13.4. The maximum absolute atomic E-state index is 9.82. The second-order valence-corrected chi connectivity index (χ2v) is 6.04. The van der Waals surface area contributed by atoms with E-state index in [1.807, 2.05) is 12.1 Å². The number of hydrogen-bond acceptors (Lipinski definition) is 4. The molecule has 0 amide bonds. The highest BCUT2D eigenvalue weighted by Crippen LogP contribution is 2.36. The van der Waals surface area contributed by atoms with Crippen molar-refractivity contribution in [3.8, 4) is 0 Å². The lowest BCUT2D eigenvalue weighted by molar-refractivity contribution is 0.0310. The minimum absolute atomic E-state index is 0.113. The third-order valence-corrected chi connectivity index (χ3v) is 4.51. The SMILES string of the molecule is NC(=S)c1cc(CN2C3CCC2CC(O)C3)ccn1. The first kappa shape index (κ1) is 13.0. The van der Waals surface area contributed by atoms with Crippen LogP contribution in [0.15, 0.2) is 18.3 Å². The molecule has 4 nitrogen and oxygen atoms in total. The fraction of sp³-hybridized carbons (Fsp3) is 0.571. The molecule has 5 heteroatoms. The van der Waals surface area contributed by atoms with Gasteiger partial charge in [-0.25, -0.2) is 0 Å². The average Bonchev–Trinajstić information content (AvgIpc) is 2.62. The highest BCUT2D eigenvalue weighted by molar-refractivity contribution is 7.80.